The van der Waals surface area contributed by atoms with Gasteiger partial charge in [-0.2, -0.15) is 0 Å². The molecule has 18 heavy (non-hydrogen) atoms. The number of hydrogen-bond donors (Lipinski definition) is 1. The van der Waals surface area contributed by atoms with Gasteiger partial charge in [0.25, 0.3) is 10.7 Å². The molecule has 0 saturated carbocycles. The molecule has 0 saturated heterocycles. The van der Waals surface area contributed by atoms with E-state index in [1.807, 2.05) is 0 Å². The highest BCUT2D eigenvalue weighted by atomic mass is 32.1. The molecule has 2 aromatic heterocycles. The summed E-state index contributed by atoms with van der Waals surface area (Å²) in [5, 5.41) is 7.89. The van der Waals surface area contributed by atoms with Gasteiger partial charge in [0.05, 0.1) is 10.7 Å². The molecule has 0 atom stereocenters. The Balaban J connectivity index is 2.44. The maximum Gasteiger partial charge on any atom is 0.284 e. The summed E-state index contributed by atoms with van der Waals surface area (Å²) in [6.07, 6.45) is 0.982. The molecule has 98 valence electrons. The van der Waals surface area contributed by atoms with Crippen molar-refractivity contribution in [3.05, 3.63) is 15.5 Å². The van der Waals surface area contributed by atoms with Crippen LogP contribution in [-0.2, 0) is 6.42 Å². The zero-order chi connectivity index (χ0) is 13.3. The van der Waals surface area contributed by atoms with E-state index in [4.69, 9.17) is 21.6 Å². The van der Waals surface area contributed by atoms with Crippen molar-refractivity contribution < 1.29 is 4.42 Å². The number of aromatic amines is 1. The Bertz CT molecular complexity index is 580. The second kappa shape index (κ2) is 5.32. The molecule has 2 heterocycles. The smallest absolute Gasteiger partial charge is 0.284 e. The first kappa shape index (κ1) is 13.4. The zero-order valence-corrected chi connectivity index (χ0v) is 12.6. The monoisotopic (exact) mass is 283 g/mol. The number of nitrogens with one attached hydrogen (secondary N) is 1. The van der Waals surface area contributed by atoms with E-state index in [9.17, 15) is 0 Å². The molecule has 0 amide bonds. The standard InChI is InChI=1S/C12H17N3OS2/c1-6(2)5-8-13-9(7(3)4)10(18-8)11-14-15-12(17)16-11/h6-7H,5H2,1-4H3,(H,15,17). The van der Waals surface area contributed by atoms with Gasteiger partial charge in [-0.1, -0.05) is 27.7 Å². The van der Waals surface area contributed by atoms with Gasteiger partial charge in [0, 0.05) is 6.42 Å². The molecule has 0 aliphatic heterocycles. The molecule has 0 radical (unpaired) electrons. The summed E-state index contributed by atoms with van der Waals surface area (Å²) in [5.41, 5.74) is 1.04. The molecule has 0 unspecified atom stereocenters. The lowest BCUT2D eigenvalue weighted by molar-refractivity contribution is 0.552. The first-order valence-electron chi connectivity index (χ1n) is 6.02. The Morgan fingerprint density at radius 2 is 2.06 bits per heavy atom. The lowest BCUT2D eigenvalue weighted by atomic mass is 10.1. The summed E-state index contributed by atoms with van der Waals surface area (Å²) in [6.45, 7) is 8.63. The van der Waals surface area contributed by atoms with Crippen molar-refractivity contribution in [2.24, 2.45) is 5.92 Å². The SMILES string of the molecule is CC(C)Cc1nc(C(C)C)c(-c2n[nH]c(=S)o2)s1. The average molecular weight is 283 g/mol. The molecule has 0 fully saturated rings. The van der Waals surface area contributed by atoms with Gasteiger partial charge in [0.15, 0.2) is 0 Å². The molecule has 0 bridgehead atoms. The number of nitrogens with zero attached hydrogens (tertiary/aromatic N) is 2. The van der Waals surface area contributed by atoms with Crippen LogP contribution < -0.4 is 0 Å². The Labute approximate surface area is 115 Å². The van der Waals surface area contributed by atoms with Gasteiger partial charge >= 0.3 is 0 Å². The fraction of sp³-hybridized carbons (Fsp3) is 0.583. The van der Waals surface area contributed by atoms with Crippen molar-refractivity contribution in [2.45, 2.75) is 40.0 Å². The average Bonchev–Trinajstić information content (AvgIpc) is 2.83. The van der Waals surface area contributed by atoms with Crippen molar-refractivity contribution in [3.8, 4) is 10.8 Å². The highest BCUT2D eigenvalue weighted by molar-refractivity contribution is 7.71. The van der Waals surface area contributed by atoms with Gasteiger partial charge in [0.1, 0.15) is 4.88 Å². The molecular weight excluding hydrogens is 266 g/mol. The third-order valence-corrected chi connectivity index (χ3v) is 3.72. The topological polar surface area (TPSA) is 54.7 Å². The van der Waals surface area contributed by atoms with Crippen LogP contribution in [0.15, 0.2) is 4.42 Å². The van der Waals surface area contributed by atoms with Crippen LogP contribution in [0.5, 0.6) is 0 Å². The van der Waals surface area contributed by atoms with E-state index in [1.54, 1.807) is 11.3 Å². The Kier molecular flexibility index (Phi) is 3.97. The molecular formula is C12H17N3OS2. The molecule has 0 spiro atoms. The summed E-state index contributed by atoms with van der Waals surface area (Å²) in [4.78, 5) is 6.00. The van der Waals surface area contributed by atoms with Gasteiger partial charge in [-0.05, 0) is 24.1 Å². The van der Waals surface area contributed by atoms with E-state index < -0.39 is 0 Å². The van der Waals surface area contributed by atoms with Crippen molar-refractivity contribution in [1.29, 1.82) is 0 Å². The summed E-state index contributed by atoms with van der Waals surface area (Å²) < 4.78 is 5.40. The van der Waals surface area contributed by atoms with Crippen molar-refractivity contribution in [1.82, 2.24) is 15.2 Å². The maximum atomic E-state index is 5.40. The van der Waals surface area contributed by atoms with Crippen LogP contribution in [0, 0.1) is 10.8 Å². The van der Waals surface area contributed by atoms with E-state index in [0.29, 0.717) is 22.6 Å². The predicted octanol–water partition coefficient (Wildman–Crippen LogP) is 4.18. The summed E-state index contributed by atoms with van der Waals surface area (Å²) in [5.74, 6) is 1.49. The lowest BCUT2D eigenvalue weighted by Crippen LogP contribution is -1.95. The minimum Gasteiger partial charge on any atom is -0.408 e. The van der Waals surface area contributed by atoms with Gasteiger partial charge < -0.3 is 4.42 Å². The fourth-order valence-corrected chi connectivity index (χ4v) is 3.17. The predicted molar refractivity (Wildman–Crippen MR) is 75.4 cm³/mol. The number of rotatable bonds is 4. The molecule has 2 rings (SSSR count). The van der Waals surface area contributed by atoms with Crippen LogP contribution in [0.2, 0.25) is 0 Å². The van der Waals surface area contributed by atoms with Crippen LogP contribution in [0.25, 0.3) is 10.8 Å². The first-order chi connectivity index (χ1) is 8.47. The minimum absolute atomic E-state index is 0.304. The lowest BCUT2D eigenvalue weighted by Gasteiger charge is -2.01. The van der Waals surface area contributed by atoms with Gasteiger partial charge in [0.2, 0.25) is 0 Å². The quantitative estimate of drug-likeness (QED) is 0.855. The number of thiazole rings is 1. The van der Waals surface area contributed by atoms with Gasteiger partial charge in [-0.15, -0.1) is 16.4 Å². The Hall–Kier alpha value is -1.01. The summed E-state index contributed by atoms with van der Waals surface area (Å²) in [7, 11) is 0. The molecule has 1 N–H and O–H groups in total. The Morgan fingerprint density at radius 3 is 2.56 bits per heavy atom. The van der Waals surface area contributed by atoms with Gasteiger partial charge in [-0.3, -0.25) is 0 Å². The number of H-pyrrole nitrogens is 1. The summed E-state index contributed by atoms with van der Waals surface area (Å²) in [6, 6.07) is 0. The normalized spacial score (nSPS) is 11.7. The zero-order valence-electron chi connectivity index (χ0n) is 11.0. The van der Waals surface area contributed by atoms with E-state index in [0.717, 1.165) is 22.0 Å². The third-order valence-electron chi connectivity index (χ3n) is 2.46. The second-order valence-electron chi connectivity index (χ2n) is 4.99. The van der Waals surface area contributed by atoms with E-state index in [2.05, 4.69) is 37.9 Å². The van der Waals surface area contributed by atoms with Crippen molar-refractivity contribution in [3.63, 3.8) is 0 Å². The highest BCUT2D eigenvalue weighted by Crippen LogP contribution is 2.34. The molecule has 4 nitrogen and oxygen atoms in total. The number of aromatic nitrogens is 3. The fourth-order valence-electron chi connectivity index (χ4n) is 1.69. The molecule has 0 aliphatic carbocycles. The highest BCUT2D eigenvalue weighted by Gasteiger charge is 2.19. The largest absolute Gasteiger partial charge is 0.408 e. The van der Waals surface area contributed by atoms with Crippen LogP contribution in [0.3, 0.4) is 0 Å². The van der Waals surface area contributed by atoms with E-state index in [-0.39, 0.29) is 0 Å². The maximum absolute atomic E-state index is 5.40. The first-order valence-corrected chi connectivity index (χ1v) is 7.25. The summed E-state index contributed by atoms with van der Waals surface area (Å²) >= 11 is 6.57. The Morgan fingerprint density at radius 1 is 1.33 bits per heavy atom. The molecule has 0 aromatic carbocycles. The third kappa shape index (κ3) is 2.87. The van der Waals surface area contributed by atoms with Crippen LogP contribution in [-0.4, -0.2) is 15.2 Å². The number of hydrogen-bond acceptors (Lipinski definition) is 5. The van der Waals surface area contributed by atoms with Crippen molar-refractivity contribution >= 4 is 23.6 Å². The van der Waals surface area contributed by atoms with Crippen LogP contribution in [0.4, 0.5) is 0 Å². The molecule has 2 aromatic rings. The van der Waals surface area contributed by atoms with E-state index >= 15 is 0 Å². The van der Waals surface area contributed by atoms with Crippen LogP contribution >= 0.6 is 23.6 Å². The van der Waals surface area contributed by atoms with Gasteiger partial charge in [-0.25, -0.2) is 10.1 Å². The second-order valence-corrected chi connectivity index (χ2v) is 6.45. The van der Waals surface area contributed by atoms with Crippen molar-refractivity contribution in [2.75, 3.05) is 0 Å². The molecule has 6 heteroatoms. The van der Waals surface area contributed by atoms with Crippen LogP contribution in [0.1, 0.15) is 44.3 Å². The van der Waals surface area contributed by atoms with E-state index in [1.165, 1.54) is 0 Å². The molecule has 0 aliphatic rings. The minimum atomic E-state index is 0.304.